The fourth-order valence-electron chi connectivity index (χ4n) is 2.10. The summed E-state index contributed by atoms with van der Waals surface area (Å²) in [5, 5.41) is 2.61. The van der Waals surface area contributed by atoms with E-state index in [2.05, 4.69) is 10.1 Å². The number of allylic oxidation sites excluding steroid dienone is 1. The summed E-state index contributed by atoms with van der Waals surface area (Å²) in [6.07, 6.45) is 1.76. The molecule has 0 aliphatic rings. The van der Waals surface area contributed by atoms with Gasteiger partial charge >= 0.3 is 5.97 Å². The van der Waals surface area contributed by atoms with Crippen LogP contribution in [0.3, 0.4) is 0 Å². The van der Waals surface area contributed by atoms with Crippen LogP contribution in [0.2, 0.25) is 0 Å². The molecule has 0 saturated carbocycles. The summed E-state index contributed by atoms with van der Waals surface area (Å²) in [5.41, 5.74) is 0.847. The maximum atomic E-state index is 13.7. The number of benzene rings is 1. The lowest BCUT2D eigenvalue weighted by atomic mass is 10.0. The topological polar surface area (TPSA) is 55.4 Å². The Labute approximate surface area is 130 Å². The van der Waals surface area contributed by atoms with Gasteiger partial charge in [-0.15, -0.1) is 0 Å². The Morgan fingerprint density at radius 3 is 2.50 bits per heavy atom. The fourth-order valence-corrected chi connectivity index (χ4v) is 2.10. The molecule has 1 aromatic carbocycles. The molecule has 0 spiro atoms. The number of halogens is 1. The molecule has 1 amide bonds. The summed E-state index contributed by atoms with van der Waals surface area (Å²) >= 11 is 0. The van der Waals surface area contributed by atoms with E-state index in [1.165, 1.54) is 19.3 Å². The first-order valence-corrected chi connectivity index (χ1v) is 7.16. The van der Waals surface area contributed by atoms with Gasteiger partial charge in [0.1, 0.15) is 11.9 Å². The number of ether oxygens (including phenoxy) is 1. The second-order valence-corrected chi connectivity index (χ2v) is 5.52. The number of esters is 1. The number of hydrogen-bond acceptors (Lipinski definition) is 3. The molecule has 1 atom stereocenters. The summed E-state index contributed by atoms with van der Waals surface area (Å²) in [4.78, 5) is 23.7. The maximum Gasteiger partial charge on any atom is 0.328 e. The number of rotatable bonds is 6. The van der Waals surface area contributed by atoms with E-state index in [-0.39, 0.29) is 5.92 Å². The minimum absolute atomic E-state index is 0.223. The van der Waals surface area contributed by atoms with Gasteiger partial charge in [-0.2, -0.15) is 0 Å². The van der Waals surface area contributed by atoms with Crippen molar-refractivity contribution in [1.29, 1.82) is 0 Å². The molecule has 0 bridgehead atoms. The average molecular weight is 307 g/mol. The van der Waals surface area contributed by atoms with Crippen molar-refractivity contribution in [2.45, 2.75) is 33.2 Å². The summed E-state index contributed by atoms with van der Waals surface area (Å²) in [5.74, 6) is -1.10. The van der Waals surface area contributed by atoms with Crippen molar-refractivity contribution in [3.05, 3.63) is 41.7 Å². The van der Waals surface area contributed by atoms with Crippen LogP contribution in [0.5, 0.6) is 0 Å². The molecule has 0 aliphatic heterocycles. The monoisotopic (exact) mass is 307 g/mol. The van der Waals surface area contributed by atoms with Gasteiger partial charge in [-0.25, -0.2) is 9.18 Å². The van der Waals surface area contributed by atoms with Crippen LogP contribution in [0, 0.1) is 11.7 Å². The lowest BCUT2D eigenvalue weighted by Crippen LogP contribution is -2.41. The molecule has 4 nitrogen and oxygen atoms in total. The van der Waals surface area contributed by atoms with Gasteiger partial charge in [-0.05, 0) is 30.9 Å². The zero-order chi connectivity index (χ0) is 16.7. The van der Waals surface area contributed by atoms with Gasteiger partial charge in [-0.1, -0.05) is 32.0 Å². The highest BCUT2D eigenvalue weighted by molar-refractivity contribution is 5.97. The molecule has 0 fully saturated rings. The van der Waals surface area contributed by atoms with E-state index in [1.807, 2.05) is 13.8 Å². The largest absolute Gasteiger partial charge is 0.467 e. The second kappa shape index (κ2) is 8.32. The molecular formula is C17H22FNO3. The summed E-state index contributed by atoms with van der Waals surface area (Å²) in [6, 6.07) is 5.51. The van der Waals surface area contributed by atoms with E-state index in [1.54, 1.807) is 25.1 Å². The van der Waals surface area contributed by atoms with Gasteiger partial charge in [0.15, 0.2) is 0 Å². The van der Waals surface area contributed by atoms with E-state index in [0.717, 1.165) is 0 Å². The van der Waals surface area contributed by atoms with E-state index < -0.39 is 23.7 Å². The van der Waals surface area contributed by atoms with Crippen LogP contribution in [0.15, 0.2) is 30.3 Å². The van der Waals surface area contributed by atoms with Gasteiger partial charge in [-0.3, -0.25) is 4.79 Å². The van der Waals surface area contributed by atoms with Crippen LogP contribution in [-0.2, 0) is 14.3 Å². The van der Waals surface area contributed by atoms with E-state index in [9.17, 15) is 14.0 Å². The van der Waals surface area contributed by atoms with Gasteiger partial charge in [0.05, 0.1) is 7.11 Å². The Kier molecular flexibility index (Phi) is 6.76. The third-order valence-corrected chi connectivity index (χ3v) is 3.16. The van der Waals surface area contributed by atoms with Crippen molar-refractivity contribution < 1.29 is 18.7 Å². The lowest BCUT2D eigenvalue weighted by Gasteiger charge is -2.17. The van der Waals surface area contributed by atoms with Gasteiger partial charge in [0.2, 0.25) is 5.91 Å². The fraction of sp³-hybridized carbons (Fsp3) is 0.412. The quantitative estimate of drug-likeness (QED) is 0.649. The lowest BCUT2D eigenvalue weighted by molar-refractivity contribution is -0.145. The summed E-state index contributed by atoms with van der Waals surface area (Å²) in [6.45, 7) is 5.54. The molecule has 0 radical (unpaired) electrons. The number of amides is 1. The van der Waals surface area contributed by atoms with E-state index in [0.29, 0.717) is 17.6 Å². The highest BCUT2D eigenvalue weighted by Crippen LogP contribution is 2.17. The normalized spacial score (nSPS) is 12.9. The first kappa shape index (κ1) is 17.9. The molecule has 22 heavy (non-hydrogen) atoms. The molecule has 1 aromatic rings. The van der Waals surface area contributed by atoms with E-state index >= 15 is 0 Å². The second-order valence-electron chi connectivity index (χ2n) is 5.52. The molecule has 1 rings (SSSR count). The molecule has 0 aliphatic carbocycles. The Morgan fingerprint density at radius 2 is 1.95 bits per heavy atom. The Balaban J connectivity index is 2.84. The Hall–Kier alpha value is -2.17. The van der Waals surface area contributed by atoms with Gasteiger partial charge < -0.3 is 10.1 Å². The van der Waals surface area contributed by atoms with Crippen LogP contribution in [0.25, 0.3) is 5.57 Å². The van der Waals surface area contributed by atoms with Crippen molar-refractivity contribution in [3.63, 3.8) is 0 Å². The van der Waals surface area contributed by atoms with Crippen molar-refractivity contribution in [2.24, 2.45) is 5.92 Å². The van der Waals surface area contributed by atoms with Gasteiger partial charge in [0.25, 0.3) is 0 Å². The number of carbonyl (C=O) groups excluding carboxylic acids is 2. The van der Waals surface area contributed by atoms with Crippen LogP contribution < -0.4 is 5.32 Å². The molecule has 1 unspecified atom stereocenters. The van der Waals surface area contributed by atoms with Crippen LogP contribution in [-0.4, -0.2) is 25.0 Å². The molecule has 0 saturated heterocycles. The average Bonchev–Trinajstić information content (AvgIpc) is 2.45. The standard InChI is InChI=1S/C17H22FNO3/c1-11(2)9-15(17(21)22-4)19-16(20)10-12(3)13-7-5-6-8-14(13)18/h5-8,10-11,15H,9H2,1-4H3,(H,19,20)/b12-10-. The van der Waals surface area contributed by atoms with Crippen molar-refractivity contribution in [3.8, 4) is 0 Å². The third kappa shape index (κ3) is 5.31. The minimum Gasteiger partial charge on any atom is -0.467 e. The molecule has 0 aromatic heterocycles. The predicted octanol–water partition coefficient (Wildman–Crippen LogP) is 2.93. The number of carbonyl (C=O) groups is 2. The summed E-state index contributed by atoms with van der Waals surface area (Å²) < 4.78 is 18.3. The number of nitrogens with one attached hydrogen (secondary N) is 1. The predicted molar refractivity (Wildman–Crippen MR) is 83.5 cm³/mol. The third-order valence-electron chi connectivity index (χ3n) is 3.16. The molecule has 120 valence electrons. The van der Waals surface area contributed by atoms with Crippen LogP contribution in [0.4, 0.5) is 4.39 Å². The molecule has 0 heterocycles. The van der Waals surface area contributed by atoms with Crippen molar-refractivity contribution in [1.82, 2.24) is 5.32 Å². The zero-order valence-corrected chi connectivity index (χ0v) is 13.4. The molecule has 5 heteroatoms. The highest BCUT2D eigenvalue weighted by Gasteiger charge is 2.22. The van der Waals surface area contributed by atoms with Crippen molar-refractivity contribution >= 4 is 17.4 Å². The first-order chi connectivity index (χ1) is 10.3. The SMILES string of the molecule is COC(=O)C(CC(C)C)NC(=O)/C=C(/C)c1ccccc1F. The maximum absolute atomic E-state index is 13.7. The van der Waals surface area contributed by atoms with Crippen LogP contribution >= 0.6 is 0 Å². The highest BCUT2D eigenvalue weighted by atomic mass is 19.1. The zero-order valence-electron chi connectivity index (χ0n) is 13.4. The Bertz CT molecular complexity index is 567. The van der Waals surface area contributed by atoms with Crippen LogP contribution in [0.1, 0.15) is 32.8 Å². The smallest absolute Gasteiger partial charge is 0.328 e. The van der Waals surface area contributed by atoms with Gasteiger partial charge in [0, 0.05) is 11.6 Å². The number of methoxy groups -OCH3 is 1. The summed E-state index contributed by atoms with van der Waals surface area (Å²) in [7, 11) is 1.28. The first-order valence-electron chi connectivity index (χ1n) is 7.16. The number of hydrogen-bond donors (Lipinski definition) is 1. The van der Waals surface area contributed by atoms with Crippen molar-refractivity contribution in [2.75, 3.05) is 7.11 Å². The Morgan fingerprint density at radius 1 is 1.32 bits per heavy atom. The minimum atomic E-state index is -0.706. The van der Waals surface area contributed by atoms with E-state index in [4.69, 9.17) is 0 Å². The molecular weight excluding hydrogens is 285 g/mol. The molecule has 1 N–H and O–H groups in total.